The Morgan fingerprint density at radius 2 is 1.56 bits per heavy atom. The van der Waals surface area contributed by atoms with Crippen molar-refractivity contribution < 1.29 is 22.7 Å². The zero-order valence-corrected chi connectivity index (χ0v) is 18.4. The first-order valence-corrected chi connectivity index (χ1v) is 11.7. The van der Waals surface area contributed by atoms with Gasteiger partial charge in [-0.05, 0) is 74.4 Å². The van der Waals surface area contributed by atoms with Crippen LogP contribution < -0.4 is 0 Å². The number of ether oxygens (including phenoxy) is 1. The van der Waals surface area contributed by atoms with E-state index in [1.165, 1.54) is 28.6 Å². The zero-order chi connectivity index (χ0) is 22.7. The van der Waals surface area contributed by atoms with E-state index in [9.17, 15) is 18.0 Å². The van der Waals surface area contributed by atoms with Crippen LogP contribution in [0.1, 0.15) is 39.3 Å². The third-order valence-corrected chi connectivity index (χ3v) is 7.31. The van der Waals surface area contributed by atoms with E-state index in [2.05, 4.69) is 5.10 Å². The summed E-state index contributed by atoms with van der Waals surface area (Å²) in [6, 6.07) is 14.3. The van der Waals surface area contributed by atoms with Crippen molar-refractivity contribution in [2.24, 2.45) is 0 Å². The Labute approximate surface area is 186 Å². The number of benzene rings is 2. The van der Waals surface area contributed by atoms with Crippen molar-refractivity contribution in [2.75, 3.05) is 19.7 Å². The molecule has 0 aliphatic carbocycles. The van der Waals surface area contributed by atoms with Gasteiger partial charge in [-0.3, -0.25) is 4.79 Å². The van der Waals surface area contributed by atoms with Crippen molar-refractivity contribution in [3.05, 3.63) is 77.6 Å². The summed E-state index contributed by atoms with van der Waals surface area (Å²) in [5, 5.41) is 4.21. The summed E-state index contributed by atoms with van der Waals surface area (Å²) in [6.45, 7) is 2.52. The van der Waals surface area contributed by atoms with Gasteiger partial charge in [0.2, 0.25) is 10.0 Å². The zero-order valence-electron chi connectivity index (χ0n) is 17.6. The lowest BCUT2D eigenvalue weighted by Crippen LogP contribution is -2.27. The molecule has 2 heterocycles. The number of nitrogens with zero attached hydrogens (tertiary/aromatic N) is 3. The minimum Gasteiger partial charge on any atom is -0.454 e. The summed E-state index contributed by atoms with van der Waals surface area (Å²) in [7, 11) is -3.54. The van der Waals surface area contributed by atoms with Gasteiger partial charge in [0, 0.05) is 30.5 Å². The van der Waals surface area contributed by atoms with Crippen LogP contribution in [0.4, 0.5) is 0 Å². The lowest BCUT2D eigenvalue weighted by Gasteiger charge is -2.15. The van der Waals surface area contributed by atoms with E-state index in [4.69, 9.17) is 4.74 Å². The quantitative estimate of drug-likeness (QED) is 0.403. The molecule has 1 aliphatic rings. The van der Waals surface area contributed by atoms with Crippen molar-refractivity contribution >= 4 is 21.8 Å². The molecule has 3 aromatic rings. The number of ketones is 1. The highest BCUT2D eigenvalue weighted by atomic mass is 32.2. The third kappa shape index (κ3) is 4.49. The maximum atomic E-state index is 12.6. The Kier molecular flexibility index (Phi) is 6.20. The molecule has 1 aromatic heterocycles. The van der Waals surface area contributed by atoms with Gasteiger partial charge in [-0.25, -0.2) is 17.9 Å². The number of aromatic nitrogens is 2. The number of rotatable bonds is 7. The van der Waals surface area contributed by atoms with Gasteiger partial charge in [0.1, 0.15) is 0 Å². The van der Waals surface area contributed by atoms with E-state index in [0.717, 1.165) is 24.2 Å². The van der Waals surface area contributed by atoms with Crippen LogP contribution in [-0.4, -0.2) is 54.0 Å². The molecule has 0 atom stereocenters. The van der Waals surface area contributed by atoms with E-state index in [-0.39, 0.29) is 10.5 Å². The second-order valence-corrected chi connectivity index (χ2v) is 9.50. The maximum Gasteiger partial charge on any atom is 0.338 e. The SMILES string of the molecule is Cc1ccnn1-c1ccc(C(=O)OCC(=O)c2ccc(S(=O)(=O)N3CCCC3)cc2)cc1. The van der Waals surface area contributed by atoms with Gasteiger partial charge in [0.05, 0.1) is 16.1 Å². The van der Waals surface area contributed by atoms with Crippen LogP contribution in [0.2, 0.25) is 0 Å². The Balaban J connectivity index is 1.36. The highest BCUT2D eigenvalue weighted by Gasteiger charge is 2.27. The van der Waals surface area contributed by atoms with Crippen molar-refractivity contribution in [1.82, 2.24) is 14.1 Å². The van der Waals surface area contributed by atoms with Gasteiger partial charge in [0.15, 0.2) is 12.4 Å². The van der Waals surface area contributed by atoms with Gasteiger partial charge >= 0.3 is 5.97 Å². The lowest BCUT2D eigenvalue weighted by molar-refractivity contribution is 0.0475. The van der Waals surface area contributed by atoms with Gasteiger partial charge in [-0.2, -0.15) is 9.40 Å². The second-order valence-electron chi connectivity index (χ2n) is 7.57. The predicted molar refractivity (Wildman–Crippen MR) is 117 cm³/mol. The minimum absolute atomic E-state index is 0.153. The molecular formula is C23H23N3O5S. The first kappa shape index (κ1) is 21.9. The van der Waals surface area contributed by atoms with Crippen molar-refractivity contribution in [2.45, 2.75) is 24.7 Å². The molecule has 0 spiro atoms. The van der Waals surface area contributed by atoms with Gasteiger partial charge in [-0.15, -0.1) is 0 Å². The van der Waals surface area contributed by atoms with Crippen molar-refractivity contribution in [1.29, 1.82) is 0 Å². The average Bonchev–Trinajstić information content (AvgIpc) is 3.50. The predicted octanol–water partition coefficient (Wildman–Crippen LogP) is 3.00. The fourth-order valence-electron chi connectivity index (χ4n) is 3.57. The van der Waals surface area contributed by atoms with E-state index in [0.29, 0.717) is 18.7 Å². The molecule has 1 aliphatic heterocycles. The molecule has 8 nitrogen and oxygen atoms in total. The highest BCUT2D eigenvalue weighted by Crippen LogP contribution is 2.21. The average molecular weight is 454 g/mol. The number of carbonyl (C=O) groups excluding carboxylic acids is 2. The molecule has 9 heteroatoms. The molecular weight excluding hydrogens is 430 g/mol. The summed E-state index contributed by atoms with van der Waals surface area (Å²) >= 11 is 0. The fraction of sp³-hybridized carbons (Fsp3) is 0.261. The highest BCUT2D eigenvalue weighted by molar-refractivity contribution is 7.89. The monoisotopic (exact) mass is 453 g/mol. The Bertz CT molecular complexity index is 1230. The van der Waals surface area contributed by atoms with Crippen molar-refractivity contribution in [3.8, 4) is 5.69 Å². The van der Waals surface area contributed by atoms with Gasteiger partial charge < -0.3 is 4.74 Å². The summed E-state index contributed by atoms with van der Waals surface area (Å²) in [4.78, 5) is 24.8. The second kappa shape index (κ2) is 9.05. The van der Waals surface area contributed by atoms with Crippen molar-refractivity contribution in [3.63, 3.8) is 0 Å². The molecule has 0 bridgehead atoms. The van der Waals surface area contributed by atoms with Crippen LogP contribution in [0.3, 0.4) is 0 Å². The molecule has 4 rings (SSSR count). The third-order valence-electron chi connectivity index (χ3n) is 5.39. The Morgan fingerprint density at radius 1 is 0.938 bits per heavy atom. The van der Waals surface area contributed by atoms with Crippen LogP contribution in [0.15, 0.2) is 65.7 Å². The van der Waals surface area contributed by atoms with Crippen LogP contribution >= 0.6 is 0 Å². The Hall–Kier alpha value is -3.30. The summed E-state index contributed by atoms with van der Waals surface area (Å²) in [5.74, 6) is -1.03. The minimum atomic E-state index is -3.54. The molecule has 1 fully saturated rings. The molecule has 1 saturated heterocycles. The number of hydrogen-bond donors (Lipinski definition) is 0. The summed E-state index contributed by atoms with van der Waals surface area (Å²) in [6.07, 6.45) is 3.40. The molecule has 0 amide bonds. The van der Waals surface area contributed by atoms with Crippen LogP contribution in [0, 0.1) is 6.92 Å². The van der Waals surface area contributed by atoms with Crippen LogP contribution in [-0.2, 0) is 14.8 Å². The Morgan fingerprint density at radius 3 is 2.16 bits per heavy atom. The number of sulfonamides is 1. The van der Waals surface area contributed by atoms with E-state index in [1.807, 2.05) is 13.0 Å². The van der Waals surface area contributed by atoms with Crippen LogP contribution in [0.25, 0.3) is 5.69 Å². The van der Waals surface area contributed by atoms with Gasteiger partial charge in [-0.1, -0.05) is 0 Å². The molecule has 0 radical (unpaired) electrons. The summed E-state index contributed by atoms with van der Waals surface area (Å²) in [5.41, 5.74) is 2.37. The van der Waals surface area contributed by atoms with Crippen LogP contribution in [0.5, 0.6) is 0 Å². The molecule has 166 valence electrons. The lowest BCUT2D eigenvalue weighted by atomic mass is 10.1. The number of hydrogen-bond acceptors (Lipinski definition) is 6. The summed E-state index contributed by atoms with van der Waals surface area (Å²) < 4.78 is 33.5. The standard InChI is InChI=1S/C23H23N3O5S/c1-17-12-13-24-26(17)20-8-4-19(5-9-20)23(28)31-16-22(27)18-6-10-21(11-7-18)32(29,30)25-14-2-3-15-25/h4-13H,2-3,14-16H2,1H3. The van der Waals surface area contributed by atoms with E-state index < -0.39 is 28.4 Å². The molecule has 0 N–H and O–H groups in total. The maximum absolute atomic E-state index is 12.6. The molecule has 0 saturated carbocycles. The molecule has 2 aromatic carbocycles. The first-order chi connectivity index (χ1) is 15.4. The first-order valence-electron chi connectivity index (χ1n) is 10.3. The van der Waals surface area contributed by atoms with Gasteiger partial charge in [0.25, 0.3) is 0 Å². The largest absolute Gasteiger partial charge is 0.454 e. The van der Waals surface area contributed by atoms with E-state index in [1.54, 1.807) is 35.1 Å². The number of Topliss-reactive ketones (excluding diaryl/α,β-unsaturated/α-hetero) is 1. The topological polar surface area (TPSA) is 98.6 Å². The number of carbonyl (C=O) groups is 2. The molecule has 0 unspecified atom stereocenters. The van der Waals surface area contributed by atoms with E-state index >= 15 is 0 Å². The molecule has 32 heavy (non-hydrogen) atoms. The fourth-order valence-corrected chi connectivity index (χ4v) is 5.08. The number of aryl methyl sites for hydroxylation is 1. The normalized spacial score (nSPS) is 14.4. The number of esters is 1. The smallest absolute Gasteiger partial charge is 0.338 e.